The first-order valence-electron chi connectivity index (χ1n) is 18.7. The lowest BCUT2D eigenvalue weighted by atomic mass is 10.1. The van der Waals surface area contributed by atoms with Crippen molar-refractivity contribution >= 4 is 70.9 Å². The topological polar surface area (TPSA) is 252 Å². The zero-order valence-corrected chi connectivity index (χ0v) is 31.2. The van der Waals surface area contributed by atoms with Crippen LogP contribution in [-0.2, 0) is 71.7 Å². The molecule has 3 fully saturated rings. The molecule has 0 aromatic heterocycles. The van der Waals surface area contributed by atoms with Crippen LogP contribution in [0, 0.1) is 5.92 Å². The van der Waals surface area contributed by atoms with Gasteiger partial charge < -0.3 is 14.2 Å². The summed E-state index contributed by atoms with van der Waals surface area (Å²) < 4.78 is 17.5. The van der Waals surface area contributed by atoms with E-state index in [1.807, 2.05) is 0 Å². The summed E-state index contributed by atoms with van der Waals surface area (Å²) in [6.07, 6.45) is 2.63. The molecule has 308 valence electrons. The van der Waals surface area contributed by atoms with E-state index in [0.29, 0.717) is 0 Å². The number of likely N-dealkylation sites (tertiary alicyclic amines) is 3. The molecule has 21 heteroatoms. The average molecular weight is 809 g/mol. The summed E-state index contributed by atoms with van der Waals surface area (Å²) in [5.41, 5.74) is 0. The van der Waals surface area contributed by atoms with Gasteiger partial charge in [0.15, 0.2) is 0 Å². The molecule has 0 aromatic carbocycles. The summed E-state index contributed by atoms with van der Waals surface area (Å²) in [7, 11) is 0. The maximum atomic E-state index is 13.2. The maximum Gasteiger partial charge on any atom is 0.258 e. The van der Waals surface area contributed by atoms with Gasteiger partial charge >= 0.3 is 0 Å². The highest BCUT2D eigenvalue weighted by molar-refractivity contribution is 6.14. The van der Waals surface area contributed by atoms with Gasteiger partial charge in [0.05, 0.1) is 39.1 Å². The molecule has 0 bridgehead atoms. The first-order chi connectivity index (χ1) is 27.7. The molecule has 6 rings (SSSR count). The molecule has 0 N–H and O–H groups in total. The zero-order chi connectivity index (χ0) is 41.7. The van der Waals surface area contributed by atoms with Gasteiger partial charge in [0.1, 0.15) is 18.3 Å². The van der Waals surface area contributed by atoms with Gasteiger partial charge in [-0.1, -0.05) is 0 Å². The summed E-state index contributed by atoms with van der Waals surface area (Å²) in [6.45, 7) is -1.09. The second-order valence-corrected chi connectivity index (χ2v) is 14.1. The monoisotopic (exact) mass is 808 g/mol. The van der Waals surface area contributed by atoms with Crippen LogP contribution >= 0.6 is 0 Å². The molecule has 3 unspecified atom stereocenters. The van der Waals surface area contributed by atoms with Gasteiger partial charge in [0, 0.05) is 81.6 Å². The van der Waals surface area contributed by atoms with Crippen molar-refractivity contribution in [3.63, 3.8) is 0 Å². The van der Waals surface area contributed by atoms with Crippen molar-refractivity contribution in [3.05, 3.63) is 36.5 Å². The third-order valence-corrected chi connectivity index (χ3v) is 10.2. The largest absolute Gasteiger partial charge is 0.367 e. The summed E-state index contributed by atoms with van der Waals surface area (Å²) in [5.74, 6) is -7.33. The Morgan fingerprint density at radius 1 is 0.379 bits per heavy atom. The number of carbonyl (C=O) groups excluding carboxylic acids is 12. The van der Waals surface area contributed by atoms with Crippen LogP contribution in [0.3, 0.4) is 0 Å². The molecule has 0 radical (unpaired) electrons. The molecule has 0 saturated carbocycles. The summed E-state index contributed by atoms with van der Waals surface area (Å²) in [6, 6.07) is 0. The predicted octanol–water partition coefficient (Wildman–Crippen LogP) is -3.02. The number of ether oxygens (including phenoxy) is 3. The lowest BCUT2D eigenvalue weighted by molar-refractivity contribution is -0.145. The minimum Gasteiger partial charge on any atom is -0.367 e. The van der Waals surface area contributed by atoms with Crippen molar-refractivity contribution in [2.75, 3.05) is 59.1 Å². The van der Waals surface area contributed by atoms with Gasteiger partial charge in [-0.25, -0.2) is 0 Å². The van der Waals surface area contributed by atoms with E-state index in [0.717, 1.165) is 65.9 Å². The Balaban J connectivity index is 1.02. The van der Waals surface area contributed by atoms with E-state index in [9.17, 15) is 57.5 Å². The predicted molar refractivity (Wildman–Crippen MR) is 188 cm³/mol. The third-order valence-electron chi connectivity index (χ3n) is 10.2. The quantitative estimate of drug-likeness (QED) is 0.105. The van der Waals surface area contributed by atoms with Crippen LogP contribution in [0.4, 0.5) is 0 Å². The number of hydrogen-bond donors (Lipinski definition) is 0. The smallest absolute Gasteiger partial charge is 0.258 e. The van der Waals surface area contributed by atoms with Crippen molar-refractivity contribution in [2.24, 2.45) is 5.92 Å². The van der Waals surface area contributed by atoms with Crippen LogP contribution in [0.15, 0.2) is 36.5 Å². The Labute approximate surface area is 330 Å². The second kappa shape index (κ2) is 18.0. The first kappa shape index (κ1) is 41.6. The Kier molecular flexibility index (Phi) is 12.9. The van der Waals surface area contributed by atoms with E-state index in [-0.39, 0.29) is 97.6 Å². The van der Waals surface area contributed by atoms with E-state index < -0.39 is 95.1 Å². The molecule has 12 amide bonds. The van der Waals surface area contributed by atoms with Gasteiger partial charge in [-0.05, 0) is 19.3 Å². The zero-order valence-electron chi connectivity index (χ0n) is 31.2. The minimum atomic E-state index is -1.21. The first-order valence-corrected chi connectivity index (χ1v) is 18.7. The highest BCUT2D eigenvalue weighted by Crippen LogP contribution is 2.23. The summed E-state index contributed by atoms with van der Waals surface area (Å²) in [4.78, 5) is 155. The van der Waals surface area contributed by atoms with E-state index in [4.69, 9.17) is 14.2 Å². The minimum absolute atomic E-state index is 0.00577. The average Bonchev–Trinajstić information content (AvgIpc) is 3.99. The number of imide groups is 6. The number of carbonyl (C=O) groups is 12. The van der Waals surface area contributed by atoms with Crippen LogP contribution in [0.2, 0.25) is 0 Å². The maximum absolute atomic E-state index is 13.2. The Bertz CT molecular complexity index is 1660. The van der Waals surface area contributed by atoms with Crippen LogP contribution in [0.25, 0.3) is 0 Å². The third kappa shape index (κ3) is 9.21. The van der Waals surface area contributed by atoms with Crippen LogP contribution < -0.4 is 0 Å². The molecule has 6 aliphatic rings. The van der Waals surface area contributed by atoms with Gasteiger partial charge in [-0.2, -0.15) is 0 Å². The fourth-order valence-corrected chi connectivity index (χ4v) is 7.07. The van der Waals surface area contributed by atoms with Crippen molar-refractivity contribution < 1.29 is 71.7 Å². The second-order valence-electron chi connectivity index (χ2n) is 14.1. The number of rotatable bonds is 21. The Morgan fingerprint density at radius 3 is 0.845 bits per heavy atom. The molecule has 21 nitrogen and oxygen atoms in total. The molecule has 3 saturated heterocycles. The molecule has 6 aliphatic heterocycles. The van der Waals surface area contributed by atoms with Crippen LogP contribution in [0.5, 0.6) is 0 Å². The molecule has 0 spiro atoms. The number of amides is 12. The fourth-order valence-electron chi connectivity index (χ4n) is 7.07. The summed E-state index contributed by atoms with van der Waals surface area (Å²) in [5, 5.41) is 0. The molecule has 0 aromatic rings. The lowest BCUT2D eigenvalue weighted by Crippen LogP contribution is -2.39. The Morgan fingerprint density at radius 2 is 0.603 bits per heavy atom. The lowest BCUT2D eigenvalue weighted by Gasteiger charge is -2.23. The highest BCUT2D eigenvalue weighted by atomic mass is 16.5. The molecule has 3 atom stereocenters. The SMILES string of the molecule is O=C1C=CC(=O)N1CCCN1C(=O)CC(OCC(COC2CC(=O)N(CCCN3C(=O)C=CC3=O)C2=O)COC2CC(=O)N(CCCN3C(=O)C=CC3=O)C2=O)C1=O. The van der Waals surface area contributed by atoms with Crippen molar-refractivity contribution in [1.29, 1.82) is 0 Å². The fraction of sp³-hybridized carbons (Fsp3) is 0.514. The van der Waals surface area contributed by atoms with E-state index in [2.05, 4.69) is 0 Å². The van der Waals surface area contributed by atoms with Crippen LogP contribution in [-0.4, -0.2) is 178 Å². The van der Waals surface area contributed by atoms with Gasteiger partial charge in [0.2, 0.25) is 17.7 Å². The summed E-state index contributed by atoms with van der Waals surface area (Å²) >= 11 is 0. The molecule has 6 heterocycles. The standard InChI is InChI=1S/C37H40N6O15/c44-26-4-5-27(45)38(26)10-1-13-41-32(50)16-23(35(41)53)56-19-22(20-57-24-17-33(51)42(36(24)54)14-2-11-39-28(46)6-7-29(39)47)21-58-25-18-34(52)43(37(25)55)15-3-12-40-30(48)8-9-31(40)49/h4-9,22-25H,1-3,10-21H2. The highest BCUT2D eigenvalue weighted by Gasteiger charge is 2.43. The van der Waals surface area contributed by atoms with Crippen molar-refractivity contribution in [1.82, 2.24) is 29.4 Å². The normalized spacial score (nSPS) is 24.1. The molecule has 0 aliphatic carbocycles. The molecular formula is C37H40N6O15. The van der Waals surface area contributed by atoms with E-state index in [1.54, 1.807) is 0 Å². The van der Waals surface area contributed by atoms with Crippen molar-refractivity contribution in [3.8, 4) is 0 Å². The van der Waals surface area contributed by atoms with Crippen molar-refractivity contribution in [2.45, 2.75) is 56.8 Å². The van der Waals surface area contributed by atoms with Gasteiger partial charge in [-0.3, -0.25) is 86.9 Å². The van der Waals surface area contributed by atoms with E-state index in [1.165, 1.54) is 0 Å². The van der Waals surface area contributed by atoms with Crippen LogP contribution in [0.1, 0.15) is 38.5 Å². The number of nitrogens with zero attached hydrogens (tertiary/aromatic N) is 6. The van der Waals surface area contributed by atoms with Gasteiger partial charge in [0.25, 0.3) is 53.2 Å². The van der Waals surface area contributed by atoms with Gasteiger partial charge in [-0.15, -0.1) is 0 Å². The number of hydrogen-bond acceptors (Lipinski definition) is 15. The molecule has 58 heavy (non-hydrogen) atoms. The van der Waals surface area contributed by atoms with E-state index >= 15 is 0 Å². The molecular weight excluding hydrogens is 768 g/mol. The Hall–Kier alpha value is -6.06.